The summed E-state index contributed by atoms with van der Waals surface area (Å²) >= 11 is 0. The van der Waals surface area contributed by atoms with E-state index in [4.69, 9.17) is 4.74 Å². The van der Waals surface area contributed by atoms with Gasteiger partial charge in [0, 0.05) is 12.1 Å². The van der Waals surface area contributed by atoms with E-state index in [1.165, 1.54) is 7.11 Å². The summed E-state index contributed by atoms with van der Waals surface area (Å²) in [5.74, 6) is 0.512. The Bertz CT molecular complexity index is 444. The second kappa shape index (κ2) is 7.41. The van der Waals surface area contributed by atoms with Gasteiger partial charge in [-0.3, -0.25) is 9.59 Å². The lowest BCUT2D eigenvalue weighted by molar-refractivity contribution is -0.120. The smallest absolute Gasteiger partial charge is 0.251 e. The van der Waals surface area contributed by atoms with Crippen molar-refractivity contribution >= 4 is 11.8 Å². The Morgan fingerprint density at radius 2 is 2.00 bits per heavy atom. The zero-order valence-electron chi connectivity index (χ0n) is 11.5. The maximum Gasteiger partial charge on any atom is 0.251 e. The number of ether oxygens (including phenoxy) is 1. The Morgan fingerprint density at radius 1 is 1.26 bits per heavy atom. The molecule has 2 N–H and O–H groups in total. The lowest BCUT2D eigenvalue weighted by Crippen LogP contribution is -2.38. The molecule has 5 nitrogen and oxygen atoms in total. The highest BCUT2D eigenvalue weighted by atomic mass is 16.5. The van der Waals surface area contributed by atoms with E-state index < -0.39 is 0 Å². The van der Waals surface area contributed by atoms with Gasteiger partial charge in [-0.2, -0.15) is 0 Å². The number of amides is 2. The van der Waals surface area contributed by atoms with Crippen LogP contribution in [-0.2, 0) is 4.79 Å². The van der Waals surface area contributed by atoms with Crippen LogP contribution in [0.2, 0.25) is 0 Å². The molecule has 2 amide bonds. The van der Waals surface area contributed by atoms with Crippen molar-refractivity contribution in [3.05, 3.63) is 29.8 Å². The average Bonchev–Trinajstić information content (AvgIpc) is 2.42. The standard InChI is InChI=1S/C14H20N2O3/c1-10(2)8-15-13(17)9-16-14(18)11-5-4-6-12(7-11)19-3/h4-7,10H,8-9H2,1-3H3,(H,15,17)(H,16,18). The van der Waals surface area contributed by atoms with E-state index in [-0.39, 0.29) is 18.4 Å². The van der Waals surface area contributed by atoms with E-state index in [2.05, 4.69) is 10.6 Å². The van der Waals surface area contributed by atoms with Crippen LogP contribution in [0.1, 0.15) is 24.2 Å². The van der Waals surface area contributed by atoms with Crippen molar-refractivity contribution in [1.29, 1.82) is 0 Å². The Morgan fingerprint density at radius 3 is 2.63 bits per heavy atom. The van der Waals surface area contributed by atoms with Gasteiger partial charge >= 0.3 is 0 Å². The highest BCUT2D eigenvalue weighted by Gasteiger charge is 2.08. The molecule has 0 aliphatic carbocycles. The molecule has 1 aromatic rings. The fourth-order valence-electron chi connectivity index (χ4n) is 1.41. The summed E-state index contributed by atoms with van der Waals surface area (Å²) in [6.07, 6.45) is 0. The van der Waals surface area contributed by atoms with Crippen molar-refractivity contribution in [1.82, 2.24) is 10.6 Å². The molecule has 0 fully saturated rings. The van der Waals surface area contributed by atoms with Gasteiger partial charge in [0.15, 0.2) is 0 Å². The first-order valence-electron chi connectivity index (χ1n) is 6.22. The van der Waals surface area contributed by atoms with Crippen LogP contribution in [0.15, 0.2) is 24.3 Å². The minimum absolute atomic E-state index is 0.0250. The molecule has 104 valence electrons. The number of benzene rings is 1. The molecule has 1 rings (SSSR count). The van der Waals surface area contributed by atoms with E-state index >= 15 is 0 Å². The third-order valence-corrected chi connectivity index (χ3v) is 2.45. The van der Waals surface area contributed by atoms with Gasteiger partial charge in [0.25, 0.3) is 5.91 Å². The quantitative estimate of drug-likeness (QED) is 0.811. The Balaban J connectivity index is 2.44. The number of methoxy groups -OCH3 is 1. The van der Waals surface area contributed by atoms with Crippen LogP contribution in [0.25, 0.3) is 0 Å². The van der Waals surface area contributed by atoms with Crippen LogP contribution in [-0.4, -0.2) is 32.0 Å². The van der Waals surface area contributed by atoms with Gasteiger partial charge < -0.3 is 15.4 Å². The van der Waals surface area contributed by atoms with Crippen molar-refractivity contribution in [3.63, 3.8) is 0 Å². The molecule has 0 aliphatic heterocycles. The highest BCUT2D eigenvalue weighted by Crippen LogP contribution is 2.12. The Labute approximate surface area is 113 Å². The first-order valence-corrected chi connectivity index (χ1v) is 6.22. The summed E-state index contributed by atoms with van der Waals surface area (Å²) in [6.45, 7) is 4.60. The normalized spacial score (nSPS) is 10.1. The SMILES string of the molecule is COc1cccc(C(=O)NCC(=O)NCC(C)C)c1. The molecule has 0 radical (unpaired) electrons. The first kappa shape index (κ1) is 15.0. The van der Waals surface area contributed by atoms with Gasteiger partial charge in [0.2, 0.25) is 5.91 Å². The van der Waals surface area contributed by atoms with Gasteiger partial charge in [-0.1, -0.05) is 19.9 Å². The van der Waals surface area contributed by atoms with Gasteiger partial charge in [0.1, 0.15) is 5.75 Å². The molecular formula is C14H20N2O3. The molecular weight excluding hydrogens is 244 g/mol. The highest BCUT2D eigenvalue weighted by molar-refractivity contribution is 5.96. The lowest BCUT2D eigenvalue weighted by atomic mass is 10.2. The number of hydrogen-bond acceptors (Lipinski definition) is 3. The number of carbonyl (C=O) groups is 2. The van der Waals surface area contributed by atoms with Gasteiger partial charge in [-0.05, 0) is 24.1 Å². The number of hydrogen-bond donors (Lipinski definition) is 2. The second-order valence-electron chi connectivity index (χ2n) is 4.61. The van der Waals surface area contributed by atoms with E-state index in [0.29, 0.717) is 23.8 Å². The van der Waals surface area contributed by atoms with Crippen molar-refractivity contribution < 1.29 is 14.3 Å². The molecule has 0 spiro atoms. The largest absolute Gasteiger partial charge is 0.497 e. The summed E-state index contributed by atoms with van der Waals surface area (Å²) < 4.78 is 5.04. The number of rotatable bonds is 6. The van der Waals surface area contributed by atoms with Crippen molar-refractivity contribution in [2.45, 2.75) is 13.8 Å². The monoisotopic (exact) mass is 264 g/mol. The molecule has 19 heavy (non-hydrogen) atoms. The van der Waals surface area contributed by atoms with Crippen LogP contribution < -0.4 is 15.4 Å². The maximum absolute atomic E-state index is 11.8. The molecule has 1 aromatic carbocycles. The second-order valence-corrected chi connectivity index (χ2v) is 4.61. The van der Waals surface area contributed by atoms with E-state index in [9.17, 15) is 9.59 Å². The third kappa shape index (κ3) is 5.42. The molecule has 0 unspecified atom stereocenters. The van der Waals surface area contributed by atoms with Gasteiger partial charge in [-0.25, -0.2) is 0 Å². The summed E-state index contributed by atoms with van der Waals surface area (Å²) in [7, 11) is 1.54. The molecule has 0 bridgehead atoms. The minimum Gasteiger partial charge on any atom is -0.497 e. The Kier molecular flexibility index (Phi) is 5.85. The summed E-state index contributed by atoms with van der Waals surface area (Å²) in [4.78, 5) is 23.3. The molecule has 0 aliphatic rings. The van der Waals surface area contributed by atoms with Crippen molar-refractivity contribution in [3.8, 4) is 5.75 Å². The zero-order valence-corrected chi connectivity index (χ0v) is 11.5. The first-order chi connectivity index (χ1) is 9.02. The molecule has 0 heterocycles. The molecule has 0 atom stereocenters. The van der Waals surface area contributed by atoms with Crippen molar-refractivity contribution in [2.75, 3.05) is 20.2 Å². The molecule has 0 aromatic heterocycles. The lowest BCUT2D eigenvalue weighted by Gasteiger charge is -2.09. The summed E-state index contributed by atoms with van der Waals surface area (Å²) in [5.41, 5.74) is 0.469. The molecule has 0 saturated heterocycles. The van der Waals surface area contributed by atoms with E-state index in [1.807, 2.05) is 13.8 Å². The third-order valence-electron chi connectivity index (χ3n) is 2.45. The Hall–Kier alpha value is -2.04. The van der Waals surface area contributed by atoms with Gasteiger partial charge in [-0.15, -0.1) is 0 Å². The fraction of sp³-hybridized carbons (Fsp3) is 0.429. The van der Waals surface area contributed by atoms with Crippen molar-refractivity contribution in [2.24, 2.45) is 5.92 Å². The molecule has 0 saturated carbocycles. The topological polar surface area (TPSA) is 67.4 Å². The number of nitrogens with one attached hydrogen (secondary N) is 2. The van der Waals surface area contributed by atoms with Crippen LogP contribution >= 0.6 is 0 Å². The summed E-state index contributed by atoms with van der Waals surface area (Å²) in [6, 6.07) is 6.78. The predicted molar refractivity (Wildman–Crippen MR) is 73.2 cm³/mol. The fourth-order valence-corrected chi connectivity index (χ4v) is 1.41. The minimum atomic E-state index is -0.293. The van der Waals surface area contributed by atoms with Gasteiger partial charge in [0.05, 0.1) is 13.7 Å². The predicted octanol–water partition coefficient (Wildman–Crippen LogP) is 1.20. The van der Waals surface area contributed by atoms with E-state index in [0.717, 1.165) is 0 Å². The average molecular weight is 264 g/mol. The summed E-state index contributed by atoms with van der Waals surface area (Å²) in [5, 5.41) is 5.30. The number of carbonyl (C=O) groups excluding carboxylic acids is 2. The van der Waals surface area contributed by atoms with Crippen LogP contribution in [0.3, 0.4) is 0 Å². The van der Waals surface area contributed by atoms with E-state index in [1.54, 1.807) is 24.3 Å². The zero-order chi connectivity index (χ0) is 14.3. The van der Waals surface area contributed by atoms with Crippen LogP contribution in [0, 0.1) is 5.92 Å². The van der Waals surface area contributed by atoms with Crippen LogP contribution in [0.4, 0.5) is 0 Å². The molecule has 5 heteroatoms. The van der Waals surface area contributed by atoms with Crippen LogP contribution in [0.5, 0.6) is 5.75 Å². The maximum atomic E-state index is 11.8.